The van der Waals surface area contributed by atoms with Crippen molar-refractivity contribution in [2.75, 3.05) is 19.6 Å². The van der Waals surface area contributed by atoms with Gasteiger partial charge in [-0.3, -0.25) is 9.69 Å². The molecular weight excluding hydrogens is 316 g/mol. The molecule has 0 bridgehead atoms. The summed E-state index contributed by atoms with van der Waals surface area (Å²) >= 11 is 1.78. The predicted octanol–water partition coefficient (Wildman–Crippen LogP) is 3.89. The fourth-order valence-corrected chi connectivity index (χ4v) is 4.71. The highest BCUT2D eigenvalue weighted by Gasteiger charge is 2.29. The summed E-state index contributed by atoms with van der Waals surface area (Å²) < 4.78 is 0. The van der Waals surface area contributed by atoms with Gasteiger partial charge < -0.3 is 5.73 Å². The molecule has 24 heavy (non-hydrogen) atoms. The topological polar surface area (TPSA) is 46.3 Å². The van der Waals surface area contributed by atoms with Gasteiger partial charge in [0.05, 0.1) is 0 Å². The third kappa shape index (κ3) is 2.56. The van der Waals surface area contributed by atoms with Crippen molar-refractivity contribution in [3.8, 4) is 0 Å². The van der Waals surface area contributed by atoms with Crippen molar-refractivity contribution in [3.63, 3.8) is 0 Å². The van der Waals surface area contributed by atoms with E-state index in [0.717, 1.165) is 26.1 Å². The summed E-state index contributed by atoms with van der Waals surface area (Å²) in [5, 5.41) is 0. The molecular formula is C20H20N2OS. The molecule has 1 amide bonds. The van der Waals surface area contributed by atoms with Gasteiger partial charge in [-0.1, -0.05) is 36.9 Å². The van der Waals surface area contributed by atoms with Crippen molar-refractivity contribution >= 4 is 28.8 Å². The Kier molecular flexibility index (Phi) is 3.94. The summed E-state index contributed by atoms with van der Waals surface area (Å²) in [5.41, 5.74) is 11.3. The third-order valence-corrected chi connectivity index (χ3v) is 5.84. The maximum Gasteiger partial charge on any atom is 0.248 e. The van der Waals surface area contributed by atoms with Crippen LogP contribution in [0.1, 0.15) is 34.8 Å². The van der Waals surface area contributed by atoms with Gasteiger partial charge in [0.15, 0.2) is 0 Å². The quantitative estimate of drug-likeness (QED) is 0.925. The average Bonchev–Trinajstić information content (AvgIpc) is 2.94. The molecule has 122 valence electrons. The van der Waals surface area contributed by atoms with Crippen molar-refractivity contribution in [1.29, 1.82) is 0 Å². The van der Waals surface area contributed by atoms with E-state index >= 15 is 0 Å². The van der Waals surface area contributed by atoms with Crippen molar-refractivity contribution in [2.45, 2.75) is 23.1 Å². The molecule has 0 fully saturated rings. The molecule has 0 unspecified atom stereocenters. The van der Waals surface area contributed by atoms with Gasteiger partial charge in [-0.15, -0.1) is 0 Å². The molecule has 0 aromatic heterocycles. The van der Waals surface area contributed by atoms with Crippen LogP contribution in [0.5, 0.6) is 0 Å². The van der Waals surface area contributed by atoms with E-state index in [9.17, 15) is 4.79 Å². The number of hydrogen-bond acceptors (Lipinski definition) is 3. The first-order valence-corrected chi connectivity index (χ1v) is 9.15. The van der Waals surface area contributed by atoms with Crippen LogP contribution < -0.4 is 5.73 Å². The number of carbonyl (C=O) groups is 1. The smallest absolute Gasteiger partial charge is 0.248 e. The molecule has 0 aliphatic carbocycles. The van der Waals surface area contributed by atoms with Gasteiger partial charge in [-0.25, -0.2) is 0 Å². The minimum absolute atomic E-state index is 0.366. The molecule has 2 heterocycles. The van der Waals surface area contributed by atoms with E-state index in [1.54, 1.807) is 11.8 Å². The van der Waals surface area contributed by atoms with E-state index in [1.165, 1.54) is 32.1 Å². The van der Waals surface area contributed by atoms with E-state index in [-0.39, 0.29) is 5.91 Å². The van der Waals surface area contributed by atoms with E-state index in [1.807, 2.05) is 18.2 Å². The summed E-state index contributed by atoms with van der Waals surface area (Å²) in [6.07, 6.45) is 1.14. The summed E-state index contributed by atoms with van der Waals surface area (Å²) in [5.74, 6) is -0.366. The lowest BCUT2D eigenvalue weighted by molar-refractivity contribution is 0.1000. The van der Waals surface area contributed by atoms with E-state index in [4.69, 9.17) is 5.73 Å². The molecule has 0 saturated carbocycles. The van der Waals surface area contributed by atoms with E-state index < -0.39 is 0 Å². The van der Waals surface area contributed by atoms with Crippen LogP contribution in [0.2, 0.25) is 0 Å². The van der Waals surface area contributed by atoms with Crippen molar-refractivity contribution in [3.05, 3.63) is 59.2 Å². The Bertz CT molecular complexity index is 856. The normalized spacial score (nSPS) is 16.4. The summed E-state index contributed by atoms with van der Waals surface area (Å²) in [4.78, 5) is 16.6. The second-order valence-electron chi connectivity index (χ2n) is 6.34. The Balaban J connectivity index is 1.90. The van der Waals surface area contributed by atoms with Crippen LogP contribution in [0, 0.1) is 0 Å². The highest BCUT2D eigenvalue weighted by atomic mass is 32.2. The van der Waals surface area contributed by atoms with Crippen LogP contribution in [0.4, 0.5) is 0 Å². The Labute approximate surface area is 146 Å². The van der Waals surface area contributed by atoms with Crippen LogP contribution in [-0.4, -0.2) is 30.4 Å². The lowest BCUT2D eigenvalue weighted by atomic mass is 9.96. The molecule has 0 spiro atoms. The maximum absolute atomic E-state index is 11.6. The zero-order chi connectivity index (χ0) is 16.7. The molecule has 0 saturated heterocycles. The number of hydrogen-bond donors (Lipinski definition) is 1. The fraction of sp³-hybridized carbons (Fsp3) is 0.250. The molecule has 4 heteroatoms. The maximum atomic E-state index is 11.6. The molecule has 2 aliphatic heterocycles. The van der Waals surface area contributed by atoms with Gasteiger partial charge in [0.25, 0.3) is 0 Å². The minimum Gasteiger partial charge on any atom is -0.366 e. The Morgan fingerprint density at radius 1 is 1.08 bits per heavy atom. The lowest BCUT2D eigenvalue weighted by Crippen LogP contribution is -2.22. The zero-order valence-electron chi connectivity index (χ0n) is 13.7. The SMILES string of the molecule is CCCN1CC2=C(C1)c1cc(C(N)=O)ccc1Sc1ccccc12. The Morgan fingerprint density at radius 2 is 1.79 bits per heavy atom. The number of primary amides is 1. The number of amides is 1. The van der Waals surface area contributed by atoms with Gasteiger partial charge in [0.1, 0.15) is 0 Å². The first-order chi connectivity index (χ1) is 11.7. The molecule has 3 nitrogen and oxygen atoms in total. The monoisotopic (exact) mass is 336 g/mol. The van der Waals surface area contributed by atoms with Gasteiger partial charge >= 0.3 is 0 Å². The molecule has 0 radical (unpaired) electrons. The summed E-state index contributed by atoms with van der Waals surface area (Å²) in [6, 6.07) is 14.4. The number of nitrogens with zero attached hydrogens (tertiary/aromatic N) is 1. The fourth-order valence-electron chi connectivity index (χ4n) is 3.60. The second-order valence-corrected chi connectivity index (χ2v) is 7.42. The Morgan fingerprint density at radius 3 is 2.54 bits per heavy atom. The number of nitrogens with two attached hydrogens (primary N) is 1. The van der Waals surface area contributed by atoms with Crippen molar-refractivity contribution in [2.24, 2.45) is 5.73 Å². The van der Waals surface area contributed by atoms with Gasteiger partial charge in [-0.2, -0.15) is 0 Å². The summed E-state index contributed by atoms with van der Waals surface area (Å²) in [7, 11) is 0. The first kappa shape index (κ1) is 15.5. The molecule has 2 aromatic carbocycles. The molecule has 2 aromatic rings. The lowest BCUT2D eigenvalue weighted by Gasteiger charge is -2.17. The molecule has 2 aliphatic rings. The van der Waals surface area contributed by atoms with Crippen LogP contribution in [-0.2, 0) is 0 Å². The van der Waals surface area contributed by atoms with Crippen LogP contribution in [0.15, 0.2) is 52.3 Å². The first-order valence-electron chi connectivity index (χ1n) is 8.33. The highest BCUT2D eigenvalue weighted by Crippen LogP contribution is 2.46. The third-order valence-electron chi connectivity index (χ3n) is 4.69. The second kappa shape index (κ2) is 6.11. The number of fused-ring (bicyclic) bond motifs is 4. The molecule has 4 rings (SSSR count). The van der Waals surface area contributed by atoms with Gasteiger partial charge in [-0.05, 0) is 59.5 Å². The van der Waals surface area contributed by atoms with Crippen LogP contribution in [0.3, 0.4) is 0 Å². The van der Waals surface area contributed by atoms with E-state index in [0.29, 0.717) is 5.56 Å². The number of benzene rings is 2. The van der Waals surface area contributed by atoms with Crippen LogP contribution in [0.25, 0.3) is 11.1 Å². The van der Waals surface area contributed by atoms with Gasteiger partial charge in [0.2, 0.25) is 5.91 Å². The number of rotatable bonds is 3. The molecule has 2 N–H and O–H groups in total. The zero-order valence-corrected chi connectivity index (χ0v) is 14.5. The summed E-state index contributed by atoms with van der Waals surface area (Å²) in [6.45, 7) is 5.22. The predicted molar refractivity (Wildman–Crippen MR) is 99.1 cm³/mol. The average molecular weight is 336 g/mol. The van der Waals surface area contributed by atoms with Crippen LogP contribution >= 0.6 is 11.8 Å². The number of carbonyl (C=O) groups excluding carboxylic acids is 1. The Hall–Kier alpha value is -2.04. The largest absolute Gasteiger partial charge is 0.366 e. The molecule has 0 atom stereocenters. The van der Waals surface area contributed by atoms with E-state index in [2.05, 4.69) is 36.1 Å². The highest BCUT2D eigenvalue weighted by molar-refractivity contribution is 7.99. The van der Waals surface area contributed by atoms with Crippen molar-refractivity contribution < 1.29 is 4.79 Å². The standard InChI is InChI=1S/C20H20N2OS/c1-2-9-22-11-16-14-5-3-4-6-18(14)24-19-8-7-13(20(21)23)10-15(19)17(16)12-22/h3-8,10H,2,9,11-12H2,1H3,(H2,21,23). The van der Waals surface area contributed by atoms with Gasteiger partial charge in [0, 0.05) is 28.4 Å². The minimum atomic E-state index is -0.366. The van der Waals surface area contributed by atoms with Crippen molar-refractivity contribution in [1.82, 2.24) is 4.90 Å².